The van der Waals surface area contributed by atoms with E-state index in [-0.39, 0.29) is 0 Å². The number of carbonyl (C=O) groups is 4. The van der Waals surface area contributed by atoms with Crippen molar-refractivity contribution in [3.63, 3.8) is 0 Å². The molecule has 14 heteroatoms. The van der Waals surface area contributed by atoms with Crippen molar-refractivity contribution in [3.8, 4) is 0 Å². The Bertz CT molecular complexity index is 591. The van der Waals surface area contributed by atoms with E-state index in [9.17, 15) is 19.2 Å². The maximum absolute atomic E-state index is 12.5. The summed E-state index contributed by atoms with van der Waals surface area (Å²) < 4.78 is 22.7. The summed E-state index contributed by atoms with van der Waals surface area (Å²) in [5.74, 6) is -1.90. The highest BCUT2D eigenvalue weighted by molar-refractivity contribution is 7.11. The number of likely N-dealkylation sites (N-methyl/N-ethyl adjacent to an activating group) is 4. The Hall–Kier alpha value is -2.15. The van der Waals surface area contributed by atoms with Gasteiger partial charge in [-0.15, -0.1) is 0 Å². The molecule has 166 valence electrons. The molecule has 2 unspecified atom stereocenters. The Morgan fingerprint density at radius 3 is 0.767 bits per heavy atom. The fourth-order valence-electron chi connectivity index (χ4n) is 2.95. The predicted octanol–water partition coefficient (Wildman–Crippen LogP) is -3.04. The average molecular weight is 426 g/mol. The number of nitrogens with zero attached hydrogens (tertiary/aromatic N) is 4. The SMILES string of the molecule is CN(C)C(=O)C1OB(B2OC(C(=O)N(C)C)[C@H](C(=O)N(C)C)O2)O[C@H]1C(=O)N(C)C. The minimum atomic E-state index is -1.29. The second kappa shape index (κ2) is 9.33. The molecule has 2 aliphatic heterocycles. The zero-order valence-electron chi connectivity index (χ0n) is 18.5. The fraction of sp³-hybridized carbons (Fsp3) is 0.750. The minimum absolute atomic E-state index is 0.475. The maximum atomic E-state index is 12.5. The molecule has 0 aliphatic carbocycles. The lowest BCUT2D eigenvalue weighted by atomic mass is 9.49. The number of rotatable bonds is 5. The van der Waals surface area contributed by atoms with Gasteiger partial charge in [-0.2, -0.15) is 0 Å². The molecule has 0 aromatic carbocycles. The van der Waals surface area contributed by atoms with Gasteiger partial charge in [0, 0.05) is 56.4 Å². The first-order valence-electron chi connectivity index (χ1n) is 9.33. The second-order valence-corrected chi connectivity index (χ2v) is 7.89. The summed E-state index contributed by atoms with van der Waals surface area (Å²) in [5, 5.41) is 0. The van der Waals surface area contributed by atoms with Gasteiger partial charge in [0.25, 0.3) is 23.6 Å². The molecule has 4 amide bonds. The summed E-state index contributed by atoms with van der Waals surface area (Å²) in [6, 6.07) is 0. The Kier molecular flexibility index (Phi) is 7.50. The molecule has 0 aromatic rings. The summed E-state index contributed by atoms with van der Waals surface area (Å²) >= 11 is 0. The highest BCUT2D eigenvalue weighted by Gasteiger charge is 2.61. The molecule has 2 heterocycles. The van der Waals surface area contributed by atoms with E-state index in [4.69, 9.17) is 18.6 Å². The first-order valence-corrected chi connectivity index (χ1v) is 9.33. The van der Waals surface area contributed by atoms with E-state index >= 15 is 0 Å². The van der Waals surface area contributed by atoms with E-state index in [1.54, 1.807) is 0 Å². The number of hydrogen-bond donors (Lipinski definition) is 0. The lowest BCUT2D eigenvalue weighted by molar-refractivity contribution is -0.146. The van der Waals surface area contributed by atoms with E-state index in [1.807, 2.05) is 0 Å². The van der Waals surface area contributed by atoms with Crippen molar-refractivity contribution < 1.29 is 37.8 Å². The minimum Gasteiger partial charge on any atom is -0.399 e. The third-order valence-electron chi connectivity index (χ3n) is 4.63. The largest absolute Gasteiger partial charge is 0.489 e. The van der Waals surface area contributed by atoms with Crippen LogP contribution in [0.5, 0.6) is 0 Å². The Morgan fingerprint density at radius 1 is 0.467 bits per heavy atom. The van der Waals surface area contributed by atoms with E-state index in [1.165, 1.54) is 76.0 Å². The molecular weight excluding hydrogens is 398 g/mol. The Labute approximate surface area is 176 Å². The van der Waals surface area contributed by atoms with Gasteiger partial charge in [-0.3, -0.25) is 19.2 Å². The normalized spacial score (nSPS) is 25.9. The van der Waals surface area contributed by atoms with Crippen molar-refractivity contribution >= 4 is 37.6 Å². The van der Waals surface area contributed by atoms with E-state index < -0.39 is 62.1 Å². The monoisotopic (exact) mass is 426 g/mol. The van der Waals surface area contributed by atoms with E-state index in [0.717, 1.165) is 0 Å². The van der Waals surface area contributed by atoms with Crippen molar-refractivity contribution in [2.75, 3.05) is 56.4 Å². The number of carbonyl (C=O) groups excluding carboxylic acids is 4. The highest BCUT2D eigenvalue weighted by Crippen LogP contribution is 2.28. The van der Waals surface area contributed by atoms with Gasteiger partial charge in [0.15, 0.2) is 24.4 Å². The van der Waals surface area contributed by atoms with Gasteiger partial charge >= 0.3 is 14.0 Å². The van der Waals surface area contributed by atoms with Crippen molar-refractivity contribution in [1.82, 2.24) is 19.6 Å². The molecule has 2 aliphatic rings. The summed E-state index contributed by atoms with van der Waals surface area (Å²) in [7, 11) is 9.62. The van der Waals surface area contributed by atoms with E-state index in [0.29, 0.717) is 0 Å². The lowest BCUT2D eigenvalue weighted by Gasteiger charge is -2.22. The molecule has 2 saturated heterocycles. The van der Waals surface area contributed by atoms with Crippen LogP contribution in [0.15, 0.2) is 0 Å². The van der Waals surface area contributed by atoms with Gasteiger partial charge in [0.05, 0.1) is 0 Å². The van der Waals surface area contributed by atoms with Gasteiger partial charge in [-0.25, -0.2) is 0 Å². The molecule has 0 radical (unpaired) electrons. The standard InChI is InChI=1S/C16H28B2N4O8/c1-19(2)13(23)9-10(14(24)20(3)4)28-17(27-9)18-29-11(15(25)21(5)6)12(30-18)16(26)22(7)8/h9-12H,1-8H3/t9-,10?,11-,12?/m1/s1. The van der Waals surface area contributed by atoms with Crippen molar-refractivity contribution in [3.05, 3.63) is 0 Å². The molecule has 0 saturated carbocycles. The van der Waals surface area contributed by atoms with Crippen molar-refractivity contribution in [2.45, 2.75) is 24.4 Å². The van der Waals surface area contributed by atoms with Crippen LogP contribution in [-0.2, 0) is 37.8 Å². The van der Waals surface area contributed by atoms with Crippen LogP contribution in [0.4, 0.5) is 0 Å². The van der Waals surface area contributed by atoms with E-state index in [2.05, 4.69) is 0 Å². The molecule has 0 N–H and O–H groups in total. The predicted molar refractivity (Wildman–Crippen MR) is 106 cm³/mol. The smallest absolute Gasteiger partial charge is 0.399 e. The molecule has 4 atom stereocenters. The fourth-order valence-corrected chi connectivity index (χ4v) is 2.95. The van der Waals surface area contributed by atoms with Crippen LogP contribution in [0.25, 0.3) is 0 Å². The quantitative estimate of drug-likeness (QED) is 0.426. The highest BCUT2D eigenvalue weighted by atomic mass is 16.7. The molecule has 12 nitrogen and oxygen atoms in total. The first-order chi connectivity index (χ1) is 13.9. The third-order valence-corrected chi connectivity index (χ3v) is 4.63. The number of hydrogen-bond acceptors (Lipinski definition) is 8. The van der Waals surface area contributed by atoms with Gasteiger partial charge in [0.1, 0.15) is 0 Å². The van der Waals surface area contributed by atoms with Crippen LogP contribution in [0, 0.1) is 0 Å². The zero-order valence-corrected chi connectivity index (χ0v) is 18.5. The number of amides is 4. The maximum Gasteiger partial charge on any atom is 0.489 e. The lowest BCUT2D eigenvalue weighted by Crippen LogP contribution is -2.47. The van der Waals surface area contributed by atoms with Gasteiger partial charge in [-0.05, 0) is 0 Å². The first kappa shape index (κ1) is 24.1. The van der Waals surface area contributed by atoms with Crippen LogP contribution in [0.3, 0.4) is 0 Å². The van der Waals surface area contributed by atoms with Gasteiger partial charge < -0.3 is 38.2 Å². The molecule has 30 heavy (non-hydrogen) atoms. The van der Waals surface area contributed by atoms with Crippen molar-refractivity contribution in [2.24, 2.45) is 0 Å². The summed E-state index contributed by atoms with van der Waals surface area (Å²) in [6.07, 6.45) is -4.89. The molecule has 2 fully saturated rings. The zero-order chi connectivity index (χ0) is 22.9. The summed E-state index contributed by atoms with van der Waals surface area (Å²) in [5.41, 5.74) is 0. The molecule has 0 bridgehead atoms. The van der Waals surface area contributed by atoms with Crippen LogP contribution in [0.1, 0.15) is 0 Å². The molecule has 0 aromatic heterocycles. The Balaban J connectivity index is 2.27. The third kappa shape index (κ3) is 4.77. The van der Waals surface area contributed by atoms with Crippen LogP contribution in [-0.4, -0.2) is 138 Å². The molecular formula is C16H28B2N4O8. The molecule has 2 rings (SSSR count). The van der Waals surface area contributed by atoms with Crippen LogP contribution in [0.2, 0.25) is 0 Å². The Morgan fingerprint density at radius 2 is 0.633 bits per heavy atom. The van der Waals surface area contributed by atoms with Crippen molar-refractivity contribution in [1.29, 1.82) is 0 Å². The molecule has 0 spiro atoms. The summed E-state index contributed by atoms with van der Waals surface area (Å²) in [6.45, 7) is 0. The van der Waals surface area contributed by atoms with Crippen LogP contribution < -0.4 is 0 Å². The van der Waals surface area contributed by atoms with Gasteiger partial charge in [-0.1, -0.05) is 0 Å². The summed E-state index contributed by atoms with van der Waals surface area (Å²) in [4.78, 5) is 55.2. The topological polar surface area (TPSA) is 118 Å². The van der Waals surface area contributed by atoms with Crippen LogP contribution >= 0.6 is 0 Å². The second-order valence-electron chi connectivity index (χ2n) is 7.89. The average Bonchev–Trinajstić information content (AvgIpc) is 3.29. The van der Waals surface area contributed by atoms with Gasteiger partial charge in [0.2, 0.25) is 0 Å².